The highest BCUT2D eigenvalue weighted by Crippen LogP contribution is 2.16. The lowest BCUT2D eigenvalue weighted by Gasteiger charge is -1.95. The number of hydrogen-bond acceptors (Lipinski definition) is 0. The van der Waals surface area contributed by atoms with Crippen LogP contribution in [0.5, 0.6) is 0 Å². The monoisotopic (exact) mass is 218 g/mol. The van der Waals surface area contributed by atoms with Gasteiger partial charge in [0.1, 0.15) is 5.82 Å². The van der Waals surface area contributed by atoms with E-state index in [1.54, 1.807) is 6.07 Å². The third kappa shape index (κ3) is 2.12. The van der Waals surface area contributed by atoms with E-state index >= 15 is 0 Å². The highest BCUT2D eigenvalue weighted by atomic mass is 79.9. The minimum absolute atomic E-state index is 0.238. The van der Waals surface area contributed by atoms with Gasteiger partial charge in [-0.15, -0.1) is 0 Å². The first-order valence-corrected chi connectivity index (χ1v) is 3.75. The highest BCUT2D eigenvalue weighted by molar-refractivity contribution is 9.10. The summed E-state index contributed by atoms with van der Waals surface area (Å²) >= 11 is 3.14. The van der Waals surface area contributed by atoms with Crippen molar-refractivity contribution in [3.8, 4) is 0 Å². The van der Waals surface area contributed by atoms with Gasteiger partial charge < -0.3 is 0 Å². The summed E-state index contributed by atoms with van der Waals surface area (Å²) in [6.07, 6.45) is 1.38. The first kappa shape index (κ1) is 8.40. The Labute approximate surface area is 71.7 Å². The van der Waals surface area contributed by atoms with Crippen molar-refractivity contribution < 1.29 is 8.78 Å². The molecule has 0 amide bonds. The third-order valence-electron chi connectivity index (χ3n) is 1.20. The van der Waals surface area contributed by atoms with Crippen molar-refractivity contribution in [2.24, 2.45) is 0 Å². The number of halogens is 3. The summed E-state index contributed by atoms with van der Waals surface area (Å²) in [5, 5.41) is 0. The van der Waals surface area contributed by atoms with Gasteiger partial charge >= 0.3 is 0 Å². The van der Waals surface area contributed by atoms with E-state index in [2.05, 4.69) is 15.9 Å². The molecule has 0 nitrogen and oxygen atoms in total. The highest BCUT2D eigenvalue weighted by Gasteiger charge is 1.97. The van der Waals surface area contributed by atoms with Gasteiger partial charge in [-0.3, -0.25) is 0 Å². The van der Waals surface area contributed by atoms with Gasteiger partial charge in [0.15, 0.2) is 0 Å². The first-order chi connectivity index (χ1) is 5.24. The van der Waals surface area contributed by atoms with E-state index in [1.807, 2.05) is 0 Å². The Morgan fingerprint density at radius 2 is 2.09 bits per heavy atom. The Kier molecular flexibility index (Phi) is 2.76. The molecule has 0 aliphatic heterocycles. The predicted octanol–water partition coefficient (Wildman–Crippen LogP) is 3.53. The van der Waals surface area contributed by atoms with Gasteiger partial charge in [-0.05, 0) is 24.3 Å². The van der Waals surface area contributed by atoms with Crippen LogP contribution in [-0.2, 0) is 0 Å². The Bertz CT molecular complexity index is 281. The molecule has 0 N–H and O–H groups in total. The molecule has 0 fully saturated rings. The van der Waals surface area contributed by atoms with Crippen molar-refractivity contribution in [3.05, 3.63) is 40.4 Å². The minimum Gasteiger partial charge on any atom is -0.216 e. The van der Waals surface area contributed by atoms with E-state index < -0.39 is 5.82 Å². The molecule has 0 radical (unpaired) electrons. The molecule has 11 heavy (non-hydrogen) atoms. The van der Waals surface area contributed by atoms with Crippen molar-refractivity contribution in [3.63, 3.8) is 0 Å². The Morgan fingerprint density at radius 3 is 2.73 bits per heavy atom. The van der Waals surface area contributed by atoms with Crippen molar-refractivity contribution in [2.75, 3.05) is 0 Å². The van der Waals surface area contributed by atoms with Crippen LogP contribution < -0.4 is 0 Å². The van der Waals surface area contributed by atoms with Crippen LogP contribution in [0.4, 0.5) is 8.78 Å². The van der Waals surface area contributed by atoms with E-state index in [-0.39, 0.29) is 5.56 Å². The molecule has 0 bridgehead atoms. The van der Waals surface area contributed by atoms with Gasteiger partial charge in [0.05, 0.1) is 6.33 Å². The van der Waals surface area contributed by atoms with Crippen LogP contribution in [0.3, 0.4) is 0 Å². The molecule has 1 aromatic carbocycles. The van der Waals surface area contributed by atoms with Crippen molar-refractivity contribution in [2.45, 2.75) is 0 Å². The predicted molar refractivity (Wildman–Crippen MR) is 44.2 cm³/mol. The standard InChI is InChI=1S/C8H5BrF2/c9-7-1-2-8(11)6(5-7)3-4-10/h1-5H. The van der Waals surface area contributed by atoms with Gasteiger partial charge in [-0.1, -0.05) is 15.9 Å². The van der Waals surface area contributed by atoms with E-state index in [1.165, 1.54) is 12.1 Å². The largest absolute Gasteiger partial charge is 0.216 e. The molecule has 0 saturated heterocycles. The smallest absolute Gasteiger partial charge is 0.130 e. The molecule has 1 rings (SSSR count). The molecule has 3 heteroatoms. The fourth-order valence-corrected chi connectivity index (χ4v) is 1.09. The zero-order valence-electron chi connectivity index (χ0n) is 5.52. The summed E-state index contributed by atoms with van der Waals surface area (Å²) in [5.74, 6) is -0.429. The summed E-state index contributed by atoms with van der Waals surface area (Å²) in [6, 6.07) is 4.34. The normalized spacial score (nSPS) is 10.8. The first-order valence-electron chi connectivity index (χ1n) is 2.96. The SMILES string of the molecule is FC=Cc1cc(Br)ccc1F. The van der Waals surface area contributed by atoms with Crippen LogP contribution in [0, 0.1) is 5.82 Å². The van der Waals surface area contributed by atoms with Crippen LogP contribution in [0.2, 0.25) is 0 Å². The molecular formula is C8H5BrF2. The van der Waals surface area contributed by atoms with Gasteiger partial charge in [0.25, 0.3) is 0 Å². The molecule has 0 atom stereocenters. The van der Waals surface area contributed by atoms with Gasteiger partial charge in [0.2, 0.25) is 0 Å². The van der Waals surface area contributed by atoms with Crippen LogP contribution in [0.1, 0.15) is 5.56 Å². The fourth-order valence-electron chi connectivity index (χ4n) is 0.710. The molecule has 1 aromatic rings. The van der Waals surface area contributed by atoms with Crippen molar-refractivity contribution in [1.29, 1.82) is 0 Å². The molecule has 0 spiro atoms. The molecule has 0 unspecified atom stereocenters. The maximum absolute atomic E-state index is 12.7. The second kappa shape index (κ2) is 3.62. The maximum Gasteiger partial charge on any atom is 0.130 e. The van der Waals surface area contributed by atoms with Crippen LogP contribution in [-0.4, -0.2) is 0 Å². The van der Waals surface area contributed by atoms with E-state index in [9.17, 15) is 8.78 Å². The van der Waals surface area contributed by atoms with E-state index in [0.717, 1.165) is 10.5 Å². The zero-order valence-corrected chi connectivity index (χ0v) is 7.11. The lowest BCUT2D eigenvalue weighted by molar-refractivity contribution is 0.624. The Morgan fingerprint density at radius 1 is 1.36 bits per heavy atom. The second-order valence-corrected chi connectivity index (χ2v) is 2.87. The number of rotatable bonds is 1. The average Bonchev–Trinajstić information content (AvgIpc) is 1.98. The van der Waals surface area contributed by atoms with Gasteiger partial charge in [0, 0.05) is 10.0 Å². The topological polar surface area (TPSA) is 0 Å². The molecule has 0 heterocycles. The zero-order chi connectivity index (χ0) is 8.27. The second-order valence-electron chi connectivity index (χ2n) is 1.96. The van der Waals surface area contributed by atoms with E-state index in [0.29, 0.717) is 6.33 Å². The number of hydrogen-bond donors (Lipinski definition) is 0. The molecule has 0 aromatic heterocycles. The van der Waals surface area contributed by atoms with Gasteiger partial charge in [-0.2, -0.15) is 0 Å². The lowest BCUT2D eigenvalue weighted by atomic mass is 10.2. The fraction of sp³-hybridized carbons (Fsp3) is 0. The molecule has 0 aliphatic carbocycles. The molecule has 0 saturated carbocycles. The quantitative estimate of drug-likeness (QED) is 0.677. The summed E-state index contributed by atoms with van der Waals surface area (Å²) in [5.41, 5.74) is 0.238. The lowest BCUT2D eigenvalue weighted by Crippen LogP contribution is -1.79. The number of benzene rings is 1. The molecular weight excluding hydrogens is 214 g/mol. The summed E-state index contributed by atoms with van der Waals surface area (Å²) in [4.78, 5) is 0. The van der Waals surface area contributed by atoms with Gasteiger partial charge in [-0.25, -0.2) is 8.78 Å². The molecule has 58 valence electrons. The summed E-state index contributed by atoms with van der Waals surface area (Å²) < 4.78 is 25.1. The minimum atomic E-state index is -0.429. The van der Waals surface area contributed by atoms with Crippen LogP contribution in [0.25, 0.3) is 6.08 Å². The third-order valence-corrected chi connectivity index (χ3v) is 1.69. The van der Waals surface area contributed by atoms with Crippen LogP contribution >= 0.6 is 15.9 Å². The Balaban J connectivity index is 3.12. The maximum atomic E-state index is 12.7. The summed E-state index contributed by atoms with van der Waals surface area (Å²) in [6.45, 7) is 0. The van der Waals surface area contributed by atoms with E-state index in [4.69, 9.17) is 0 Å². The average molecular weight is 219 g/mol. The summed E-state index contributed by atoms with van der Waals surface area (Å²) in [7, 11) is 0. The van der Waals surface area contributed by atoms with Crippen LogP contribution in [0.15, 0.2) is 29.0 Å². The Hall–Kier alpha value is -0.700. The van der Waals surface area contributed by atoms with Crippen molar-refractivity contribution >= 4 is 22.0 Å². The van der Waals surface area contributed by atoms with Crippen molar-refractivity contribution in [1.82, 2.24) is 0 Å². The molecule has 0 aliphatic rings.